The highest BCUT2D eigenvalue weighted by atomic mass is 16.5. The van der Waals surface area contributed by atoms with Gasteiger partial charge in [-0.3, -0.25) is 0 Å². The maximum absolute atomic E-state index is 5.74. The zero-order valence-electron chi connectivity index (χ0n) is 10.3. The van der Waals surface area contributed by atoms with Gasteiger partial charge in [0.25, 0.3) is 0 Å². The SMILES string of the molecule is COC1(c2ncc3c(n2)CCNC3)CCCC1. The predicted molar refractivity (Wildman–Crippen MR) is 64.6 cm³/mol. The largest absolute Gasteiger partial charge is 0.370 e. The van der Waals surface area contributed by atoms with Crippen LogP contribution in [0, 0.1) is 0 Å². The fraction of sp³-hybridized carbons (Fsp3) is 0.692. The van der Waals surface area contributed by atoms with Crippen LogP contribution in [0.2, 0.25) is 0 Å². The number of hydrogen-bond acceptors (Lipinski definition) is 4. The lowest BCUT2D eigenvalue weighted by atomic mass is 10.00. The number of aromatic nitrogens is 2. The summed E-state index contributed by atoms with van der Waals surface area (Å²) in [5.41, 5.74) is 2.24. The summed E-state index contributed by atoms with van der Waals surface area (Å²) in [5.74, 6) is 0.901. The molecule has 1 aliphatic carbocycles. The second-order valence-electron chi connectivity index (χ2n) is 5.00. The Morgan fingerprint density at radius 3 is 2.94 bits per heavy atom. The summed E-state index contributed by atoms with van der Waals surface area (Å²) in [7, 11) is 1.79. The molecule has 0 radical (unpaired) electrons. The van der Waals surface area contributed by atoms with E-state index in [9.17, 15) is 0 Å². The van der Waals surface area contributed by atoms with E-state index in [1.165, 1.54) is 24.1 Å². The molecule has 0 aromatic carbocycles. The number of hydrogen-bond donors (Lipinski definition) is 1. The van der Waals surface area contributed by atoms with Gasteiger partial charge in [-0.05, 0) is 25.7 Å². The monoisotopic (exact) mass is 233 g/mol. The Labute approximate surface area is 102 Å². The Bertz CT molecular complexity index is 413. The van der Waals surface area contributed by atoms with E-state index in [1.807, 2.05) is 6.20 Å². The van der Waals surface area contributed by atoms with Gasteiger partial charge in [-0.1, -0.05) is 0 Å². The Morgan fingerprint density at radius 1 is 1.35 bits per heavy atom. The van der Waals surface area contributed by atoms with E-state index in [4.69, 9.17) is 9.72 Å². The zero-order valence-corrected chi connectivity index (χ0v) is 10.3. The second-order valence-corrected chi connectivity index (χ2v) is 5.00. The van der Waals surface area contributed by atoms with E-state index < -0.39 is 0 Å². The molecule has 0 spiro atoms. The highest BCUT2D eigenvalue weighted by molar-refractivity contribution is 5.22. The van der Waals surface area contributed by atoms with Crippen LogP contribution in [0.1, 0.15) is 42.8 Å². The minimum Gasteiger partial charge on any atom is -0.370 e. The predicted octanol–water partition coefficient (Wildman–Crippen LogP) is 1.54. The first-order valence-electron chi connectivity index (χ1n) is 6.45. The van der Waals surface area contributed by atoms with Gasteiger partial charge < -0.3 is 10.1 Å². The Hall–Kier alpha value is -1.00. The van der Waals surface area contributed by atoms with Gasteiger partial charge in [0.05, 0.1) is 0 Å². The van der Waals surface area contributed by atoms with Crippen molar-refractivity contribution in [3.8, 4) is 0 Å². The van der Waals surface area contributed by atoms with Crippen LogP contribution < -0.4 is 5.32 Å². The molecule has 2 aliphatic rings. The maximum Gasteiger partial charge on any atom is 0.160 e. The van der Waals surface area contributed by atoms with Crippen LogP contribution in [-0.4, -0.2) is 23.6 Å². The molecule has 0 amide bonds. The van der Waals surface area contributed by atoms with E-state index in [0.717, 1.165) is 38.2 Å². The van der Waals surface area contributed by atoms with Crippen LogP contribution in [0.5, 0.6) is 0 Å². The van der Waals surface area contributed by atoms with Gasteiger partial charge in [0.1, 0.15) is 5.60 Å². The Morgan fingerprint density at radius 2 is 2.18 bits per heavy atom. The molecule has 0 unspecified atom stereocenters. The summed E-state index contributed by atoms with van der Waals surface area (Å²) in [6.45, 7) is 1.92. The van der Waals surface area contributed by atoms with Crippen molar-refractivity contribution in [1.82, 2.24) is 15.3 Å². The van der Waals surface area contributed by atoms with Gasteiger partial charge in [-0.15, -0.1) is 0 Å². The first-order valence-corrected chi connectivity index (χ1v) is 6.45. The Balaban J connectivity index is 1.97. The van der Waals surface area contributed by atoms with Crippen molar-refractivity contribution in [1.29, 1.82) is 0 Å². The standard InChI is InChI=1S/C13H19N3O/c1-17-13(5-2-3-6-13)12-15-9-10-8-14-7-4-11(10)16-12/h9,14H,2-8H2,1H3. The van der Waals surface area contributed by atoms with Crippen molar-refractivity contribution in [2.75, 3.05) is 13.7 Å². The third-order valence-electron chi connectivity index (χ3n) is 4.02. The lowest BCUT2D eigenvalue weighted by molar-refractivity contribution is -0.0165. The molecule has 4 heteroatoms. The molecule has 1 N–H and O–H groups in total. The number of fused-ring (bicyclic) bond motifs is 1. The van der Waals surface area contributed by atoms with Crippen LogP contribution in [0.4, 0.5) is 0 Å². The topological polar surface area (TPSA) is 47.0 Å². The summed E-state index contributed by atoms with van der Waals surface area (Å²) in [4.78, 5) is 9.30. The fourth-order valence-electron chi connectivity index (χ4n) is 2.92. The second kappa shape index (κ2) is 4.35. The van der Waals surface area contributed by atoms with Crippen molar-refractivity contribution >= 4 is 0 Å². The van der Waals surface area contributed by atoms with Gasteiger partial charge >= 0.3 is 0 Å². The quantitative estimate of drug-likeness (QED) is 0.841. The van der Waals surface area contributed by atoms with Crippen molar-refractivity contribution in [2.45, 2.75) is 44.2 Å². The van der Waals surface area contributed by atoms with Crippen LogP contribution >= 0.6 is 0 Å². The van der Waals surface area contributed by atoms with Crippen molar-refractivity contribution in [2.24, 2.45) is 0 Å². The highest BCUT2D eigenvalue weighted by Gasteiger charge is 2.38. The molecular weight excluding hydrogens is 214 g/mol. The molecule has 92 valence electrons. The van der Waals surface area contributed by atoms with E-state index in [2.05, 4.69) is 10.3 Å². The fourth-order valence-corrected chi connectivity index (χ4v) is 2.92. The van der Waals surface area contributed by atoms with Gasteiger partial charge in [0, 0.05) is 44.1 Å². The highest BCUT2D eigenvalue weighted by Crippen LogP contribution is 2.40. The molecule has 1 fully saturated rings. The van der Waals surface area contributed by atoms with Gasteiger partial charge in [0.15, 0.2) is 5.82 Å². The van der Waals surface area contributed by atoms with Gasteiger partial charge in [-0.2, -0.15) is 0 Å². The molecule has 1 aliphatic heterocycles. The van der Waals surface area contributed by atoms with Crippen LogP contribution in [0.3, 0.4) is 0 Å². The molecule has 17 heavy (non-hydrogen) atoms. The summed E-state index contributed by atoms with van der Waals surface area (Å²) in [6, 6.07) is 0. The normalized spacial score (nSPS) is 22.4. The number of ether oxygens (including phenoxy) is 1. The first-order chi connectivity index (χ1) is 8.34. The van der Waals surface area contributed by atoms with Crippen LogP contribution in [0.15, 0.2) is 6.20 Å². The van der Waals surface area contributed by atoms with E-state index in [1.54, 1.807) is 7.11 Å². The molecule has 0 saturated heterocycles. The first kappa shape index (κ1) is 11.1. The van der Waals surface area contributed by atoms with Crippen molar-refractivity contribution in [3.05, 3.63) is 23.3 Å². The van der Waals surface area contributed by atoms with E-state index >= 15 is 0 Å². The smallest absolute Gasteiger partial charge is 0.160 e. The molecule has 3 rings (SSSR count). The third-order valence-corrected chi connectivity index (χ3v) is 4.02. The zero-order chi connectivity index (χ0) is 11.7. The lowest BCUT2D eigenvalue weighted by Gasteiger charge is -2.27. The number of rotatable bonds is 2. The average molecular weight is 233 g/mol. The molecule has 2 heterocycles. The van der Waals surface area contributed by atoms with Crippen molar-refractivity contribution < 1.29 is 4.74 Å². The summed E-state index contributed by atoms with van der Waals surface area (Å²) in [5, 5.41) is 3.34. The minimum atomic E-state index is -0.208. The number of nitrogens with one attached hydrogen (secondary N) is 1. The van der Waals surface area contributed by atoms with Crippen molar-refractivity contribution in [3.63, 3.8) is 0 Å². The average Bonchev–Trinajstić information content (AvgIpc) is 2.88. The number of methoxy groups -OCH3 is 1. The molecule has 1 aromatic rings. The molecular formula is C13H19N3O. The molecule has 1 saturated carbocycles. The van der Waals surface area contributed by atoms with Crippen LogP contribution in [-0.2, 0) is 23.3 Å². The van der Waals surface area contributed by atoms with Gasteiger partial charge in [0.2, 0.25) is 0 Å². The summed E-state index contributed by atoms with van der Waals surface area (Å²) >= 11 is 0. The number of nitrogens with zero attached hydrogens (tertiary/aromatic N) is 2. The Kier molecular flexibility index (Phi) is 2.84. The summed E-state index contributed by atoms with van der Waals surface area (Å²) in [6.07, 6.45) is 7.53. The molecule has 0 atom stereocenters. The lowest BCUT2D eigenvalue weighted by Crippen LogP contribution is -2.31. The van der Waals surface area contributed by atoms with E-state index in [0.29, 0.717) is 0 Å². The van der Waals surface area contributed by atoms with Crippen LogP contribution in [0.25, 0.3) is 0 Å². The summed E-state index contributed by atoms with van der Waals surface area (Å²) < 4.78 is 5.74. The molecule has 0 bridgehead atoms. The van der Waals surface area contributed by atoms with E-state index in [-0.39, 0.29) is 5.60 Å². The third kappa shape index (κ3) is 1.85. The maximum atomic E-state index is 5.74. The minimum absolute atomic E-state index is 0.208. The van der Waals surface area contributed by atoms with Gasteiger partial charge in [-0.25, -0.2) is 9.97 Å². The molecule has 4 nitrogen and oxygen atoms in total. The molecule has 1 aromatic heterocycles.